The molecular formula is C26H34N8O4S. The van der Waals surface area contributed by atoms with Gasteiger partial charge in [-0.15, -0.1) is 11.3 Å². The third-order valence-corrected chi connectivity index (χ3v) is 7.85. The van der Waals surface area contributed by atoms with Gasteiger partial charge in [-0.2, -0.15) is 5.26 Å². The van der Waals surface area contributed by atoms with Crippen molar-refractivity contribution in [2.75, 3.05) is 36.8 Å². The molecule has 0 saturated carbocycles. The molecule has 13 heteroatoms. The molecule has 0 unspecified atom stereocenters. The van der Waals surface area contributed by atoms with Crippen LogP contribution < -0.4 is 16.4 Å². The van der Waals surface area contributed by atoms with Gasteiger partial charge in [0.1, 0.15) is 22.5 Å². The predicted molar refractivity (Wildman–Crippen MR) is 147 cm³/mol. The van der Waals surface area contributed by atoms with Crippen LogP contribution in [0.2, 0.25) is 0 Å². The average molecular weight is 555 g/mol. The molecule has 4 N–H and O–H groups in total. The summed E-state index contributed by atoms with van der Waals surface area (Å²) < 4.78 is 5.50. The fourth-order valence-electron chi connectivity index (χ4n) is 4.84. The summed E-state index contributed by atoms with van der Waals surface area (Å²) in [7, 11) is 0. The maximum Gasteiger partial charge on any atom is 0.410 e. The summed E-state index contributed by atoms with van der Waals surface area (Å²) in [5.41, 5.74) is 11.5. The van der Waals surface area contributed by atoms with Crippen molar-refractivity contribution in [3.05, 3.63) is 34.1 Å². The first-order valence-electron chi connectivity index (χ1n) is 12.9. The lowest BCUT2D eigenvalue weighted by Gasteiger charge is -2.30. The Hall–Kier alpha value is -3.92. The van der Waals surface area contributed by atoms with Crippen molar-refractivity contribution in [3.63, 3.8) is 0 Å². The Morgan fingerprint density at radius 2 is 2.00 bits per heavy atom. The smallest absolute Gasteiger partial charge is 0.410 e. The molecule has 0 bridgehead atoms. The van der Waals surface area contributed by atoms with Gasteiger partial charge in [0.25, 0.3) is 0 Å². The highest BCUT2D eigenvalue weighted by molar-refractivity contribution is 7.16. The van der Waals surface area contributed by atoms with Crippen molar-refractivity contribution < 1.29 is 19.2 Å². The van der Waals surface area contributed by atoms with Crippen molar-refractivity contribution in [3.8, 4) is 6.07 Å². The number of oxime groups is 1. The lowest BCUT2D eigenvalue weighted by molar-refractivity contribution is -0.150. The molecule has 2 aromatic rings. The van der Waals surface area contributed by atoms with E-state index in [9.17, 15) is 14.9 Å². The van der Waals surface area contributed by atoms with Crippen molar-refractivity contribution in [1.29, 1.82) is 5.26 Å². The fourth-order valence-corrected chi connectivity index (χ4v) is 6.03. The average Bonchev–Trinajstić information content (AvgIpc) is 3.05. The normalized spacial score (nSPS) is 20.0. The highest BCUT2D eigenvalue weighted by Gasteiger charge is 2.44. The molecule has 3 heterocycles. The number of amidine groups is 1. The van der Waals surface area contributed by atoms with E-state index in [1.54, 1.807) is 24.1 Å². The van der Waals surface area contributed by atoms with Gasteiger partial charge in [-0.3, -0.25) is 0 Å². The molecule has 0 spiro atoms. The fraction of sp³-hybridized carbons (Fsp3) is 0.538. The Labute approximate surface area is 231 Å². The van der Waals surface area contributed by atoms with Crippen LogP contribution in [0.3, 0.4) is 0 Å². The highest BCUT2D eigenvalue weighted by atomic mass is 32.1. The van der Waals surface area contributed by atoms with Crippen LogP contribution in [0, 0.1) is 11.3 Å². The van der Waals surface area contributed by atoms with Gasteiger partial charge in [0.05, 0.1) is 11.0 Å². The maximum absolute atomic E-state index is 13.2. The van der Waals surface area contributed by atoms with Crippen LogP contribution in [0.15, 0.2) is 17.4 Å². The Kier molecular flexibility index (Phi) is 7.96. The van der Waals surface area contributed by atoms with Gasteiger partial charge in [-0.25, -0.2) is 19.6 Å². The molecule has 1 atom stereocenters. The number of amides is 1. The summed E-state index contributed by atoms with van der Waals surface area (Å²) in [5.74, 6) is -0.0423. The predicted octanol–water partition coefficient (Wildman–Crippen LogP) is 2.90. The largest absolute Gasteiger partial charge is 0.444 e. The van der Waals surface area contributed by atoms with Crippen LogP contribution in [-0.4, -0.2) is 64.5 Å². The van der Waals surface area contributed by atoms with Crippen molar-refractivity contribution >= 4 is 40.1 Å². The second kappa shape index (κ2) is 11.1. The first kappa shape index (κ1) is 28.1. The van der Waals surface area contributed by atoms with E-state index in [-0.39, 0.29) is 17.8 Å². The van der Waals surface area contributed by atoms with Crippen LogP contribution in [0.1, 0.15) is 68.8 Å². The van der Waals surface area contributed by atoms with Crippen molar-refractivity contribution in [2.45, 2.75) is 64.4 Å². The van der Waals surface area contributed by atoms with Gasteiger partial charge in [0.2, 0.25) is 11.7 Å². The number of carbonyl (C=O) groups excluding carboxylic acids is 2. The van der Waals surface area contributed by atoms with Crippen molar-refractivity contribution in [1.82, 2.24) is 14.9 Å². The van der Waals surface area contributed by atoms with E-state index in [4.69, 9.17) is 21.0 Å². The molecule has 1 amide bonds. The molecular weight excluding hydrogens is 520 g/mol. The molecule has 2 aromatic heterocycles. The first-order valence-corrected chi connectivity index (χ1v) is 13.7. The molecule has 4 rings (SSSR count). The minimum atomic E-state index is -1.06. The molecule has 1 aliphatic heterocycles. The summed E-state index contributed by atoms with van der Waals surface area (Å²) in [6, 6.07) is 3.88. The molecule has 0 radical (unpaired) electrons. The minimum Gasteiger partial charge on any atom is -0.444 e. The quantitative estimate of drug-likeness (QED) is 0.247. The van der Waals surface area contributed by atoms with E-state index in [0.717, 1.165) is 24.1 Å². The molecule has 2 aliphatic rings. The number of hydrogen-bond donors (Lipinski definition) is 2. The maximum atomic E-state index is 13.2. The van der Waals surface area contributed by atoms with Crippen LogP contribution in [0.5, 0.6) is 0 Å². The third-order valence-electron chi connectivity index (χ3n) is 6.77. The number of thiophene rings is 1. The van der Waals surface area contributed by atoms with Gasteiger partial charge in [0.15, 0.2) is 0 Å². The molecule has 12 nitrogen and oxygen atoms in total. The van der Waals surface area contributed by atoms with Crippen LogP contribution in [-0.2, 0) is 26.2 Å². The zero-order valence-electron chi connectivity index (χ0n) is 22.7. The van der Waals surface area contributed by atoms with E-state index >= 15 is 0 Å². The Morgan fingerprint density at radius 3 is 2.72 bits per heavy atom. The first-order chi connectivity index (χ1) is 18.4. The summed E-state index contributed by atoms with van der Waals surface area (Å²) in [4.78, 5) is 44.3. The number of nitriles is 1. The molecule has 208 valence electrons. The lowest BCUT2D eigenvalue weighted by Crippen LogP contribution is -2.39. The number of nitrogen functional groups attached to an aromatic ring is 1. The molecule has 1 saturated heterocycles. The number of aryl methyl sites for hydroxylation is 1. The van der Waals surface area contributed by atoms with E-state index < -0.39 is 17.0 Å². The molecule has 39 heavy (non-hydrogen) atoms. The summed E-state index contributed by atoms with van der Waals surface area (Å²) in [5, 5.41) is 13.9. The highest BCUT2D eigenvalue weighted by Crippen LogP contribution is 2.46. The number of nitrogens with two attached hydrogens (primary N) is 2. The zero-order valence-corrected chi connectivity index (χ0v) is 23.5. The Bertz CT molecular complexity index is 1330. The number of ether oxygens (including phenoxy) is 1. The van der Waals surface area contributed by atoms with E-state index in [1.165, 1.54) is 11.3 Å². The standard InChI is InChI=1S/C26H34N8O4S/c1-25(2,3)37-24(36)34-12-6-11-33(13-14-34)18-8-10-30-22(31-18)20(28)32-38-23(35)26(4)9-5-7-17-19(26)16(15-27)21(29)39-17/h8,10H,5-7,9,11-14,29H2,1-4H3,(H2,28,32)/t26-/m0/s1. The topological polar surface area (TPSA) is 173 Å². The van der Waals surface area contributed by atoms with E-state index in [1.807, 2.05) is 25.7 Å². The molecule has 0 aromatic carbocycles. The molecule has 1 fully saturated rings. The van der Waals surface area contributed by atoms with Gasteiger partial charge in [0, 0.05) is 42.8 Å². The van der Waals surface area contributed by atoms with Crippen LogP contribution in [0.4, 0.5) is 15.6 Å². The number of hydrogen-bond acceptors (Lipinski definition) is 11. The third kappa shape index (κ3) is 6.06. The Balaban J connectivity index is 1.45. The monoisotopic (exact) mass is 554 g/mol. The number of anilines is 2. The minimum absolute atomic E-state index is 0.112. The Morgan fingerprint density at radius 1 is 1.23 bits per heavy atom. The van der Waals surface area contributed by atoms with Gasteiger partial charge in [-0.1, -0.05) is 5.16 Å². The number of rotatable bonds is 4. The second-order valence-electron chi connectivity index (χ2n) is 10.8. The van der Waals surface area contributed by atoms with Gasteiger partial charge < -0.3 is 30.8 Å². The number of fused-ring (bicyclic) bond motifs is 1. The summed E-state index contributed by atoms with van der Waals surface area (Å²) >= 11 is 1.34. The van der Waals surface area contributed by atoms with E-state index in [0.29, 0.717) is 54.5 Å². The number of nitrogens with zero attached hydrogens (tertiary/aromatic N) is 6. The van der Waals surface area contributed by atoms with Gasteiger partial charge >= 0.3 is 12.1 Å². The van der Waals surface area contributed by atoms with Crippen molar-refractivity contribution in [2.24, 2.45) is 10.9 Å². The van der Waals surface area contributed by atoms with Crippen LogP contribution in [0.25, 0.3) is 0 Å². The lowest BCUT2D eigenvalue weighted by atomic mass is 9.72. The second-order valence-corrected chi connectivity index (χ2v) is 12.0. The summed E-state index contributed by atoms with van der Waals surface area (Å²) in [6.45, 7) is 9.55. The number of aromatic nitrogens is 2. The zero-order chi connectivity index (χ0) is 28.4. The number of carbonyl (C=O) groups is 2. The van der Waals surface area contributed by atoms with Gasteiger partial charge in [-0.05, 0) is 59.4 Å². The van der Waals surface area contributed by atoms with Crippen LogP contribution >= 0.6 is 11.3 Å². The molecule has 1 aliphatic carbocycles. The van der Waals surface area contributed by atoms with E-state index in [2.05, 4.69) is 21.2 Å². The SMILES string of the molecule is CC(C)(C)OC(=O)N1CCCN(c2ccnc(/C(N)=N/OC(=O)[C@@]3(C)CCCc4sc(N)c(C#N)c43)n2)CC1. The summed E-state index contributed by atoms with van der Waals surface area (Å²) in [6.07, 6.45) is 3.97.